The molecule has 1 aliphatic heterocycles. The van der Waals surface area contributed by atoms with Crippen LogP contribution in [0, 0.1) is 11.3 Å². The third-order valence-corrected chi connectivity index (χ3v) is 6.36. The normalized spacial score (nSPS) is 20.2. The zero-order valence-electron chi connectivity index (χ0n) is 20.1. The van der Waals surface area contributed by atoms with Gasteiger partial charge in [-0.3, -0.25) is 14.6 Å². The zero-order chi connectivity index (χ0) is 24.0. The van der Waals surface area contributed by atoms with Crippen LogP contribution in [0.25, 0.3) is 10.9 Å². The van der Waals surface area contributed by atoms with Crippen LogP contribution in [0.1, 0.15) is 60.2 Å². The van der Waals surface area contributed by atoms with Gasteiger partial charge in [0.1, 0.15) is 11.9 Å². The van der Waals surface area contributed by atoms with Crippen LogP contribution < -0.4 is 10.6 Å². The molecule has 0 N–H and O–H groups in total. The maximum atomic E-state index is 13.7. The van der Waals surface area contributed by atoms with E-state index in [2.05, 4.69) is 20.8 Å². The molecule has 8 heteroatoms. The maximum Gasteiger partial charge on any atom is 0.339 e. The predicted octanol–water partition coefficient (Wildman–Crippen LogP) is 3.00. The molecular formula is C24H33N3O5. The molecule has 2 aromatic rings. The van der Waals surface area contributed by atoms with Crippen LogP contribution in [0.2, 0.25) is 0 Å². The quantitative estimate of drug-likeness (QED) is 0.501. The minimum atomic E-state index is -1.30. The van der Waals surface area contributed by atoms with Crippen molar-refractivity contribution in [1.82, 2.24) is 9.66 Å². The van der Waals surface area contributed by atoms with Crippen LogP contribution in [0.3, 0.4) is 0 Å². The molecule has 8 nitrogen and oxygen atoms in total. The first kappa shape index (κ1) is 23.8. The third kappa shape index (κ3) is 3.87. The Hall–Kier alpha value is -2.90. The summed E-state index contributed by atoms with van der Waals surface area (Å²) >= 11 is 0. The van der Waals surface area contributed by atoms with Gasteiger partial charge in [-0.05, 0) is 23.5 Å². The average molecular weight is 444 g/mol. The lowest BCUT2D eigenvalue weighted by atomic mass is 9.81. The van der Waals surface area contributed by atoms with Crippen molar-refractivity contribution in [1.29, 1.82) is 0 Å². The Bertz CT molecular complexity index is 1100. The van der Waals surface area contributed by atoms with Crippen molar-refractivity contribution in [2.75, 3.05) is 18.7 Å². The number of hydrogen-bond acceptors (Lipinski definition) is 7. The van der Waals surface area contributed by atoms with Crippen LogP contribution in [0.4, 0.5) is 0 Å². The number of rotatable bonds is 6. The van der Waals surface area contributed by atoms with Gasteiger partial charge in [-0.25, -0.2) is 14.5 Å². The van der Waals surface area contributed by atoms with E-state index in [1.807, 2.05) is 32.9 Å². The van der Waals surface area contributed by atoms with Crippen LogP contribution in [-0.2, 0) is 19.1 Å². The molecule has 0 amide bonds. The number of esters is 2. The van der Waals surface area contributed by atoms with Gasteiger partial charge in [-0.1, -0.05) is 53.7 Å². The first-order valence-electron chi connectivity index (χ1n) is 10.9. The molecule has 1 aromatic heterocycles. The molecule has 0 saturated carbocycles. The lowest BCUT2D eigenvalue weighted by Gasteiger charge is -2.32. The molecule has 1 aromatic carbocycles. The van der Waals surface area contributed by atoms with Gasteiger partial charge in [0.15, 0.2) is 0 Å². The molecule has 32 heavy (non-hydrogen) atoms. The zero-order valence-corrected chi connectivity index (χ0v) is 20.1. The first-order chi connectivity index (χ1) is 14.9. The van der Waals surface area contributed by atoms with E-state index in [4.69, 9.17) is 14.5 Å². The smallest absolute Gasteiger partial charge is 0.339 e. The molecule has 1 aliphatic rings. The number of methoxy groups -OCH3 is 1. The summed E-state index contributed by atoms with van der Waals surface area (Å²) in [4.78, 5) is 43.5. The standard InChI is InChI=1S/C24H33N3O5/c1-14(2)19(32-16(4)28)24(22(30)31-8)13-26(24)27-20(15(3)23(5,6)7)25-18-12-10-9-11-17(18)21(27)29/h9-12,14-15,19H,13H2,1-8H3/t15?,19-,24+,26?/m1/s1. The van der Waals surface area contributed by atoms with E-state index in [0.717, 1.165) is 0 Å². The van der Waals surface area contributed by atoms with Gasteiger partial charge in [0.25, 0.3) is 5.56 Å². The number of ether oxygens (including phenoxy) is 2. The summed E-state index contributed by atoms with van der Waals surface area (Å²) < 4.78 is 12.2. The molecule has 1 fully saturated rings. The molecule has 1 unspecified atom stereocenters. The van der Waals surface area contributed by atoms with E-state index >= 15 is 0 Å². The van der Waals surface area contributed by atoms with Crippen molar-refractivity contribution in [2.24, 2.45) is 11.3 Å². The Morgan fingerprint density at radius 1 is 1.16 bits per heavy atom. The average Bonchev–Trinajstić information content (AvgIpc) is 3.45. The van der Waals surface area contributed by atoms with Crippen molar-refractivity contribution < 1.29 is 19.1 Å². The Balaban J connectivity index is 2.28. The lowest BCUT2D eigenvalue weighted by Crippen LogP contribution is -2.52. The maximum absolute atomic E-state index is 13.7. The van der Waals surface area contributed by atoms with Gasteiger partial charge in [-0.15, -0.1) is 0 Å². The second kappa shape index (κ2) is 8.22. The van der Waals surface area contributed by atoms with Gasteiger partial charge < -0.3 is 9.47 Å². The largest absolute Gasteiger partial charge is 0.467 e. The Labute approximate surface area is 188 Å². The van der Waals surface area contributed by atoms with Crippen molar-refractivity contribution in [3.8, 4) is 0 Å². The van der Waals surface area contributed by atoms with E-state index in [1.54, 1.807) is 17.1 Å². The van der Waals surface area contributed by atoms with Gasteiger partial charge >= 0.3 is 11.9 Å². The number of aromatic nitrogens is 2. The monoisotopic (exact) mass is 443 g/mol. The summed E-state index contributed by atoms with van der Waals surface area (Å²) in [6, 6.07) is 7.16. The summed E-state index contributed by atoms with van der Waals surface area (Å²) in [6.07, 6.45) is -0.788. The van der Waals surface area contributed by atoms with Crippen LogP contribution in [0.5, 0.6) is 0 Å². The Kier molecular flexibility index (Phi) is 6.10. The molecule has 2 heterocycles. The molecule has 0 spiro atoms. The number of carbonyl (C=O) groups is 2. The highest BCUT2D eigenvalue weighted by atomic mass is 16.6. The van der Waals surface area contributed by atoms with Gasteiger partial charge in [0.05, 0.1) is 24.6 Å². The predicted molar refractivity (Wildman–Crippen MR) is 122 cm³/mol. The summed E-state index contributed by atoms with van der Waals surface area (Å²) in [5, 5.41) is 2.10. The lowest BCUT2D eigenvalue weighted by molar-refractivity contribution is -0.158. The minimum absolute atomic E-state index is 0.109. The summed E-state index contributed by atoms with van der Waals surface area (Å²) in [5.74, 6) is -0.784. The highest BCUT2D eigenvalue weighted by molar-refractivity contribution is 5.90. The van der Waals surface area contributed by atoms with E-state index in [1.165, 1.54) is 18.7 Å². The summed E-state index contributed by atoms with van der Waals surface area (Å²) in [7, 11) is 1.30. The Morgan fingerprint density at radius 2 is 1.78 bits per heavy atom. The molecule has 0 bridgehead atoms. The fourth-order valence-corrected chi connectivity index (χ4v) is 4.15. The molecular weight excluding hydrogens is 410 g/mol. The minimum Gasteiger partial charge on any atom is -0.467 e. The summed E-state index contributed by atoms with van der Waals surface area (Å²) in [5.41, 5.74) is -1.15. The molecule has 174 valence electrons. The second-order valence-electron chi connectivity index (χ2n) is 9.94. The molecule has 0 aliphatic carbocycles. The number of benzene rings is 1. The van der Waals surface area contributed by atoms with Crippen molar-refractivity contribution >= 4 is 22.8 Å². The van der Waals surface area contributed by atoms with Crippen LogP contribution in [-0.4, -0.2) is 46.9 Å². The molecule has 3 rings (SSSR count). The summed E-state index contributed by atoms with van der Waals surface area (Å²) in [6.45, 7) is 13.5. The number of hydrogen-bond donors (Lipinski definition) is 0. The van der Waals surface area contributed by atoms with Gasteiger partial charge in [-0.2, -0.15) is 0 Å². The SMILES string of the molecule is COC(=O)[C@@]1([C@H](OC(C)=O)C(C)C)CN1n1c(C(C)C(C)(C)C)nc2ccccc2c1=O. The first-order valence-corrected chi connectivity index (χ1v) is 10.9. The number of nitrogens with zero attached hydrogens (tertiary/aromatic N) is 3. The molecule has 1 saturated heterocycles. The van der Waals surface area contributed by atoms with Crippen molar-refractivity contribution in [3.05, 3.63) is 40.4 Å². The van der Waals surface area contributed by atoms with E-state index in [9.17, 15) is 14.4 Å². The number of fused-ring (bicyclic) bond motifs is 1. The van der Waals surface area contributed by atoms with Gasteiger partial charge in [0.2, 0.25) is 5.54 Å². The van der Waals surface area contributed by atoms with E-state index < -0.39 is 23.6 Å². The highest BCUT2D eigenvalue weighted by Crippen LogP contribution is 2.42. The molecule has 3 atom stereocenters. The van der Waals surface area contributed by atoms with Gasteiger partial charge in [0, 0.05) is 12.8 Å². The van der Waals surface area contributed by atoms with Crippen LogP contribution in [0.15, 0.2) is 29.1 Å². The number of para-hydroxylation sites is 1. The van der Waals surface area contributed by atoms with Crippen LogP contribution >= 0.6 is 0 Å². The fraction of sp³-hybridized carbons (Fsp3) is 0.583. The Morgan fingerprint density at radius 3 is 2.31 bits per heavy atom. The number of carbonyl (C=O) groups excluding carboxylic acids is 2. The molecule has 0 radical (unpaired) electrons. The fourth-order valence-electron chi connectivity index (χ4n) is 4.15. The van der Waals surface area contributed by atoms with Crippen molar-refractivity contribution in [2.45, 2.75) is 66.0 Å². The van der Waals surface area contributed by atoms with E-state index in [0.29, 0.717) is 16.7 Å². The topological polar surface area (TPSA) is 90.5 Å². The van der Waals surface area contributed by atoms with E-state index in [-0.39, 0.29) is 29.4 Å². The second-order valence-corrected chi connectivity index (χ2v) is 9.94. The third-order valence-electron chi connectivity index (χ3n) is 6.36. The van der Waals surface area contributed by atoms with Crippen molar-refractivity contribution in [3.63, 3.8) is 0 Å². The highest BCUT2D eigenvalue weighted by Gasteiger charge is 2.68.